The monoisotopic (exact) mass is 404 g/mol. The molecule has 7 heteroatoms. The lowest BCUT2D eigenvalue weighted by Crippen LogP contribution is -2.51. The van der Waals surface area contributed by atoms with E-state index >= 15 is 0 Å². The molecule has 1 saturated carbocycles. The second kappa shape index (κ2) is 8.60. The van der Waals surface area contributed by atoms with Gasteiger partial charge in [-0.1, -0.05) is 6.07 Å². The Balaban J connectivity index is 1.50. The fourth-order valence-corrected chi connectivity index (χ4v) is 5.81. The van der Waals surface area contributed by atoms with Crippen molar-refractivity contribution in [3.63, 3.8) is 0 Å². The third-order valence-corrected chi connectivity index (χ3v) is 7.34. The number of carbonyl (C=O) groups is 1. The Bertz CT molecular complexity index is 742. The van der Waals surface area contributed by atoms with Gasteiger partial charge < -0.3 is 30.6 Å². The molecule has 5 N–H and O–H groups in total. The molecule has 1 aliphatic carbocycles. The van der Waals surface area contributed by atoms with Gasteiger partial charge in [-0.3, -0.25) is 4.90 Å². The highest BCUT2D eigenvalue weighted by molar-refractivity contribution is 5.58. The number of phenols is 2. The van der Waals surface area contributed by atoms with E-state index in [9.17, 15) is 20.1 Å². The Morgan fingerprint density at radius 2 is 1.97 bits per heavy atom. The van der Waals surface area contributed by atoms with E-state index in [4.69, 9.17) is 10.5 Å². The first-order valence-electron chi connectivity index (χ1n) is 10.7. The molecule has 0 aromatic heterocycles. The van der Waals surface area contributed by atoms with Gasteiger partial charge in [-0.2, -0.15) is 0 Å². The Kier molecular flexibility index (Phi) is 6.11. The Labute approximate surface area is 171 Å². The predicted octanol–water partition coefficient (Wildman–Crippen LogP) is 1.34. The van der Waals surface area contributed by atoms with Crippen molar-refractivity contribution in [2.45, 2.75) is 50.4 Å². The molecule has 6 atom stereocenters. The van der Waals surface area contributed by atoms with Gasteiger partial charge in [0.2, 0.25) is 0 Å². The summed E-state index contributed by atoms with van der Waals surface area (Å²) in [6.45, 7) is 1.76. The summed E-state index contributed by atoms with van der Waals surface area (Å²) < 4.78 is 6.37. The minimum atomic E-state index is -0.273. The summed E-state index contributed by atoms with van der Waals surface area (Å²) in [5.41, 5.74) is 7.58. The molecule has 4 rings (SSSR count). The fraction of sp³-hybridized carbons (Fsp3) is 0.682. The maximum Gasteiger partial charge on any atom is 0.161 e. The number of ether oxygens (including phenoxy) is 1. The average molecular weight is 405 g/mol. The number of hydrogen-bond acceptors (Lipinski definition) is 7. The highest BCUT2D eigenvalue weighted by Crippen LogP contribution is 2.46. The number of rotatable bonds is 5. The highest BCUT2D eigenvalue weighted by atomic mass is 16.5. The van der Waals surface area contributed by atoms with E-state index in [0.717, 1.165) is 49.6 Å². The number of likely N-dealkylation sites (tertiary alicyclic amines) is 1. The first kappa shape index (κ1) is 20.6. The smallest absolute Gasteiger partial charge is 0.161 e. The molecule has 1 aromatic rings. The Morgan fingerprint density at radius 3 is 2.69 bits per heavy atom. The number of fused-ring (bicyclic) bond motifs is 2. The SMILES string of the molecule is NCC1OC(C2CCC3CC(C=O)N(CCO)CC3C2)Cc2c1ccc(O)c2O. The zero-order valence-electron chi connectivity index (χ0n) is 16.7. The van der Waals surface area contributed by atoms with Crippen LogP contribution >= 0.6 is 0 Å². The molecule has 6 unspecified atom stereocenters. The van der Waals surface area contributed by atoms with E-state index in [2.05, 4.69) is 4.90 Å². The number of aliphatic hydroxyl groups excluding tert-OH is 1. The van der Waals surface area contributed by atoms with Gasteiger partial charge in [-0.25, -0.2) is 0 Å². The molecule has 1 aromatic carbocycles. The number of nitrogens with two attached hydrogens (primary N) is 1. The third kappa shape index (κ3) is 3.89. The standard InChI is InChI=1S/C22H32N2O5/c23-10-21-17-3-4-19(27)22(28)18(17)9-20(29-21)14-2-1-13-8-16(12-26)24(5-6-25)11-15(13)7-14/h3-4,12-16,20-21,25,27-28H,1-2,5-11,23H2. The van der Waals surface area contributed by atoms with Gasteiger partial charge in [0.05, 0.1) is 24.9 Å². The zero-order chi connectivity index (χ0) is 20.5. The van der Waals surface area contributed by atoms with E-state index in [0.29, 0.717) is 37.3 Å². The van der Waals surface area contributed by atoms with Crippen LogP contribution in [0.2, 0.25) is 0 Å². The van der Waals surface area contributed by atoms with Crippen molar-refractivity contribution >= 4 is 6.29 Å². The van der Waals surface area contributed by atoms with Crippen molar-refractivity contribution in [3.8, 4) is 11.5 Å². The molecule has 0 amide bonds. The van der Waals surface area contributed by atoms with Crippen molar-refractivity contribution < 1.29 is 24.9 Å². The van der Waals surface area contributed by atoms with E-state index in [1.807, 2.05) is 0 Å². The Morgan fingerprint density at radius 1 is 1.17 bits per heavy atom. The summed E-state index contributed by atoms with van der Waals surface area (Å²) in [4.78, 5) is 13.6. The second-order valence-corrected chi connectivity index (χ2v) is 8.86. The summed E-state index contributed by atoms with van der Waals surface area (Å²) in [5.74, 6) is 1.22. The molecule has 7 nitrogen and oxygen atoms in total. The maximum absolute atomic E-state index is 11.5. The van der Waals surface area contributed by atoms with Gasteiger partial charge in [0.25, 0.3) is 0 Å². The van der Waals surface area contributed by atoms with Crippen LogP contribution in [-0.2, 0) is 16.0 Å². The number of aromatic hydroxyl groups is 2. The molecular weight excluding hydrogens is 372 g/mol. The lowest BCUT2D eigenvalue weighted by Gasteiger charge is -2.48. The number of aldehydes is 1. The number of carbonyl (C=O) groups excluding carboxylic acids is 1. The van der Waals surface area contributed by atoms with Crippen LogP contribution in [0.4, 0.5) is 0 Å². The van der Waals surface area contributed by atoms with Crippen LogP contribution < -0.4 is 5.73 Å². The van der Waals surface area contributed by atoms with Crippen LogP contribution in [0.3, 0.4) is 0 Å². The molecule has 0 bridgehead atoms. The van der Waals surface area contributed by atoms with Gasteiger partial charge >= 0.3 is 0 Å². The molecule has 0 radical (unpaired) electrons. The van der Waals surface area contributed by atoms with E-state index < -0.39 is 0 Å². The lowest BCUT2D eigenvalue weighted by molar-refractivity contribution is -0.117. The van der Waals surface area contributed by atoms with Gasteiger partial charge in [-0.15, -0.1) is 0 Å². The van der Waals surface area contributed by atoms with E-state index in [-0.39, 0.29) is 36.4 Å². The van der Waals surface area contributed by atoms with Crippen molar-refractivity contribution in [3.05, 3.63) is 23.3 Å². The van der Waals surface area contributed by atoms with Crippen LogP contribution in [0.5, 0.6) is 11.5 Å². The lowest BCUT2D eigenvalue weighted by atomic mass is 9.67. The predicted molar refractivity (Wildman–Crippen MR) is 108 cm³/mol. The molecule has 2 heterocycles. The first-order valence-corrected chi connectivity index (χ1v) is 10.7. The quantitative estimate of drug-likeness (QED) is 0.432. The summed E-state index contributed by atoms with van der Waals surface area (Å²) in [7, 11) is 0. The summed E-state index contributed by atoms with van der Waals surface area (Å²) in [5, 5.41) is 29.7. The second-order valence-electron chi connectivity index (χ2n) is 8.86. The normalized spacial score (nSPS) is 35.0. The van der Waals surface area contributed by atoms with Crippen molar-refractivity contribution in [2.75, 3.05) is 26.2 Å². The number of β-amino-alcohol motifs (C(OH)–C–C–N with tert-alkyl or cyclic N) is 1. The molecule has 1 saturated heterocycles. The fourth-order valence-electron chi connectivity index (χ4n) is 5.81. The third-order valence-electron chi connectivity index (χ3n) is 7.34. The molecule has 0 spiro atoms. The number of piperidine rings is 1. The number of nitrogens with zero attached hydrogens (tertiary/aromatic N) is 1. The average Bonchev–Trinajstić information content (AvgIpc) is 2.75. The van der Waals surface area contributed by atoms with Crippen LogP contribution in [0.25, 0.3) is 0 Å². The topological polar surface area (TPSA) is 116 Å². The Hall–Kier alpha value is -1.67. The van der Waals surface area contributed by atoms with E-state index in [1.54, 1.807) is 6.07 Å². The van der Waals surface area contributed by atoms with Crippen molar-refractivity contribution in [1.82, 2.24) is 4.90 Å². The zero-order valence-corrected chi connectivity index (χ0v) is 16.7. The van der Waals surface area contributed by atoms with Crippen molar-refractivity contribution in [2.24, 2.45) is 23.5 Å². The summed E-state index contributed by atoms with van der Waals surface area (Å²) >= 11 is 0. The molecular formula is C22H32N2O5. The molecule has 3 aliphatic rings. The molecule has 2 aliphatic heterocycles. The van der Waals surface area contributed by atoms with Crippen LogP contribution in [0.1, 0.15) is 42.9 Å². The molecule has 29 heavy (non-hydrogen) atoms. The largest absolute Gasteiger partial charge is 0.504 e. The highest BCUT2D eigenvalue weighted by Gasteiger charge is 2.42. The number of hydrogen-bond donors (Lipinski definition) is 4. The van der Waals surface area contributed by atoms with Crippen LogP contribution in [0.15, 0.2) is 12.1 Å². The first-order chi connectivity index (χ1) is 14.0. The summed E-state index contributed by atoms with van der Waals surface area (Å²) in [6.07, 6.45) is 5.27. The van der Waals surface area contributed by atoms with Gasteiger partial charge in [-0.05, 0) is 55.1 Å². The molecule has 160 valence electrons. The van der Waals surface area contributed by atoms with Crippen LogP contribution in [-0.4, -0.2) is 64.9 Å². The van der Waals surface area contributed by atoms with E-state index in [1.165, 1.54) is 6.07 Å². The van der Waals surface area contributed by atoms with Gasteiger partial charge in [0, 0.05) is 31.6 Å². The maximum atomic E-state index is 11.5. The van der Waals surface area contributed by atoms with Crippen LogP contribution in [0, 0.1) is 17.8 Å². The molecule has 2 fully saturated rings. The number of aliphatic hydroxyl groups is 1. The van der Waals surface area contributed by atoms with Gasteiger partial charge in [0.1, 0.15) is 6.29 Å². The van der Waals surface area contributed by atoms with Crippen molar-refractivity contribution in [1.29, 1.82) is 0 Å². The number of phenolic OH excluding ortho intramolecular Hbond substituents is 2. The minimum Gasteiger partial charge on any atom is -0.504 e. The van der Waals surface area contributed by atoms with Gasteiger partial charge in [0.15, 0.2) is 11.5 Å². The summed E-state index contributed by atoms with van der Waals surface area (Å²) in [6, 6.07) is 3.20. The number of benzene rings is 1. The minimum absolute atomic E-state index is 0.0419.